The van der Waals surface area contributed by atoms with Crippen LogP contribution in [-0.4, -0.2) is 25.5 Å². The fourth-order valence-corrected chi connectivity index (χ4v) is 6.21. The van der Waals surface area contributed by atoms with Crippen molar-refractivity contribution >= 4 is 33.4 Å². The van der Waals surface area contributed by atoms with E-state index in [1.807, 2.05) is 78.9 Å². The first-order valence-electron chi connectivity index (χ1n) is 13.8. The van der Waals surface area contributed by atoms with Crippen molar-refractivity contribution in [3.05, 3.63) is 145 Å². The molecule has 42 heavy (non-hydrogen) atoms. The minimum absolute atomic E-state index is 0.244. The maximum atomic E-state index is 14.2. The number of anilines is 1. The highest BCUT2D eigenvalue weighted by molar-refractivity contribution is 6.17. The number of fused-ring (bicyclic) bond motifs is 4. The number of hydrogen-bond acceptors (Lipinski definition) is 4. The number of nitrogens with zero attached hydrogens (tertiary/aromatic N) is 4. The molecule has 1 aliphatic heterocycles. The Morgan fingerprint density at radius 2 is 1.33 bits per heavy atom. The quantitative estimate of drug-likeness (QED) is 0.248. The first-order chi connectivity index (χ1) is 20.7. The molecule has 1 unspecified atom stereocenters. The van der Waals surface area contributed by atoms with Crippen LogP contribution in [0.1, 0.15) is 22.1 Å². The van der Waals surface area contributed by atoms with Crippen LogP contribution in [0.3, 0.4) is 0 Å². The summed E-state index contributed by atoms with van der Waals surface area (Å²) < 4.78 is 2.14. The zero-order chi connectivity index (χ0) is 28.2. The standard InChI is InChI=1S/C36H24N4O2/c41-35-30-13-7-15-32(33(30)36(42)39(35)26-18-16-24(17-19-26)23-8-2-1-3-9-23)40-31-14-5-4-10-28(31)29-12-6-11-27(34(29)40)25-20-37-22-38-21-25/h1-22,35,41H. The number of para-hydroxylation sites is 2. The maximum absolute atomic E-state index is 14.2. The van der Waals surface area contributed by atoms with Gasteiger partial charge in [0.05, 0.1) is 22.3 Å². The molecule has 6 nitrogen and oxygen atoms in total. The van der Waals surface area contributed by atoms with E-state index in [1.165, 1.54) is 11.2 Å². The van der Waals surface area contributed by atoms with Crippen molar-refractivity contribution in [3.8, 4) is 27.9 Å². The predicted octanol–water partition coefficient (Wildman–Crippen LogP) is 7.56. The highest BCUT2D eigenvalue weighted by Gasteiger charge is 2.39. The molecule has 0 bridgehead atoms. The van der Waals surface area contributed by atoms with Crippen LogP contribution < -0.4 is 4.90 Å². The van der Waals surface area contributed by atoms with Crippen molar-refractivity contribution in [1.29, 1.82) is 0 Å². The largest absolute Gasteiger partial charge is 0.369 e. The van der Waals surface area contributed by atoms with Crippen LogP contribution in [0.2, 0.25) is 0 Å². The molecule has 1 aliphatic rings. The second kappa shape index (κ2) is 9.51. The van der Waals surface area contributed by atoms with Gasteiger partial charge in [-0.15, -0.1) is 0 Å². The first-order valence-corrected chi connectivity index (χ1v) is 13.8. The van der Waals surface area contributed by atoms with E-state index in [9.17, 15) is 9.90 Å². The second-order valence-electron chi connectivity index (χ2n) is 10.4. The average molecular weight is 545 g/mol. The molecule has 7 aromatic rings. The van der Waals surface area contributed by atoms with E-state index in [0.717, 1.165) is 49.7 Å². The van der Waals surface area contributed by atoms with E-state index in [2.05, 4.69) is 50.9 Å². The molecule has 1 N–H and O–H groups in total. The van der Waals surface area contributed by atoms with Gasteiger partial charge < -0.3 is 9.67 Å². The molecule has 200 valence electrons. The lowest BCUT2D eigenvalue weighted by molar-refractivity contribution is 0.0935. The van der Waals surface area contributed by atoms with Gasteiger partial charge in [-0.05, 0) is 35.4 Å². The molecule has 6 heteroatoms. The Hall–Kier alpha value is -5.59. The summed E-state index contributed by atoms with van der Waals surface area (Å²) in [5, 5.41) is 13.6. The summed E-state index contributed by atoms with van der Waals surface area (Å²) in [6, 6.07) is 37.9. The summed E-state index contributed by atoms with van der Waals surface area (Å²) in [6.07, 6.45) is 4.01. The Bertz CT molecular complexity index is 2120. The predicted molar refractivity (Wildman–Crippen MR) is 165 cm³/mol. The highest BCUT2D eigenvalue weighted by Crippen LogP contribution is 2.43. The number of aliphatic hydroxyl groups excluding tert-OH is 1. The van der Waals surface area contributed by atoms with Gasteiger partial charge in [0, 0.05) is 45.5 Å². The molecule has 8 rings (SSSR count). The maximum Gasteiger partial charge on any atom is 0.263 e. The van der Waals surface area contributed by atoms with E-state index in [0.29, 0.717) is 16.8 Å². The normalized spacial score (nSPS) is 14.5. The summed E-state index contributed by atoms with van der Waals surface area (Å²) in [6.45, 7) is 0. The molecule has 2 aromatic heterocycles. The Kier molecular flexibility index (Phi) is 5.48. The van der Waals surface area contributed by atoms with Gasteiger partial charge in [0.15, 0.2) is 6.23 Å². The molecule has 0 fully saturated rings. The summed E-state index contributed by atoms with van der Waals surface area (Å²) in [4.78, 5) is 24.2. The van der Waals surface area contributed by atoms with Crippen LogP contribution in [0.5, 0.6) is 0 Å². The molecule has 0 saturated carbocycles. The third kappa shape index (κ3) is 3.59. The summed E-state index contributed by atoms with van der Waals surface area (Å²) >= 11 is 0. The highest BCUT2D eigenvalue weighted by atomic mass is 16.3. The monoisotopic (exact) mass is 544 g/mol. The molecule has 0 saturated heterocycles. The lowest BCUT2D eigenvalue weighted by Crippen LogP contribution is -2.27. The smallest absolute Gasteiger partial charge is 0.263 e. The van der Waals surface area contributed by atoms with Crippen LogP contribution in [-0.2, 0) is 0 Å². The van der Waals surface area contributed by atoms with Crippen molar-refractivity contribution in [3.63, 3.8) is 0 Å². The Labute approximate surface area is 241 Å². The van der Waals surface area contributed by atoms with E-state index in [4.69, 9.17) is 0 Å². The van der Waals surface area contributed by atoms with Crippen molar-refractivity contribution in [2.24, 2.45) is 0 Å². The number of rotatable bonds is 4. The molecule has 1 amide bonds. The fourth-order valence-electron chi connectivity index (χ4n) is 6.21. The van der Waals surface area contributed by atoms with Gasteiger partial charge in [-0.25, -0.2) is 9.97 Å². The van der Waals surface area contributed by atoms with Gasteiger partial charge in [0.2, 0.25) is 0 Å². The molecular formula is C36H24N4O2. The van der Waals surface area contributed by atoms with Crippen LogP contribution in [0.4, 0.5) is 5.69 Å². The SMILES string of the molecule is O=C1c2c(cccc2-n2c3ccccc3c3cccc(-c4cncnc4)c32)C(O)N1c1ccc(-c2ccccc2)cc1. The van der Waals surface area contributed by atoms with Gasteiger partial charge in [-0.1, -0.05) is 91.0 Å². The Morgan fingerprint density at radius 1 is 0.643 bits per heavy atom. The zero-order valence-electron chi connectivity index (χ0n) is 22.4. The Balaban J connectivity index is 1.32. The van der Waals surface area contributed by atoms with Gasteiger partial charge >= 0.3 is 0 Å². The van der Waals surface area contributed by atoms with E-state index in [-0.39, 0.29) is 5.91 Å². The second-order valence-corrected chi connectivity index (χ2v) is 10.4. The zero-order valence-corrected chi connectivity index (χ0v) is 22.4. The summed E-state index contributed by atoms with van der Waals surface area (Å²) in [5.74, 6) is -0.244. The number of carbonyl (C=O) groups is 1. The van der Waals surface area contributed by atoms with Crippen molar-refractivity contribution < 1.29 is 9.90 Å². The topological polar surface area (TPSA) is 71.2 Å². The first kappa shape index (κ1) is 24.2. The molecule has 5 aromatic carbocycles. The minimum atomic E-state index is -1.11. The molecule has 0 radical (unpaired) electrons. The fraction of sp³-hybridized carbons (Fsp3) is 0.0278. The van der Waals surface area contributed by atoms with Gasteiger partial charge in [-0.3, -0.25) is 9.69 Å². The summed E-state index contributed by atoms with van der Waals surface area (Å²) in [7, 11) is 0. The molecular weight excluding hydrogens is 520 g/mol. The number of aromatic nitrogens is 3. The van der Waals surface area contributed by atoms with E-state index < -0.39 is 6.23 Å². The van der Waals surface area contributed by atoms with Gasteiger partial charge in [0.1, 0.15) is 6.33 Å². The van der Waals surface area contributed by atoms with E-state index in [1.54, 1.807) is 12.4 Å². The third-order valence-electron chi connectivity index (χ3n) is 8.09. The molecule has 1 atom stereocenters. The summed E-state index contributed by atoms with van der Waals surface area (Å²) in [5.41, 5.74) is 8.32. The van der Waals surface area contributed by atoms with Gasteiger partial charge in [-0.2, -0.15) is 0 Å². The third-order valence-corrected chi connectivity index (χ3v) is 8.09. The van der Waals surface area contributed by atoms with E-state index >= 15 is 0 Å². The van der Waals surface area contributed by atoms with Crippen LogP contribution in [0, 0.1) is 0 Å². The van der Waals surface area contributed by atoms with Crippen LogP contribution in [0.25, 0.3) is 49.7 Å². The lowest BCUT2D eigenvalue weighted by Gasteiger charge is -2.21. The minimum Gasteiger partial charge on any atom is -0.369 e. The molecule has 0 aliphatic carbocycles. The Morgan fingerprint density at radius 3 is 2.14 bits per heavy atom. The number of hydrogen-bond donors (Lipinski definition) is 1. The van der Waals surface area contributed by atoms with Crippen molar-refractivity contribution in [2.75, 3.05) is 4.90 Å². The number of aliphatic hydroxyl groups is 1. The van der Waals surface area contributed by atoms with Gasteiger partial charge in [0.25, 0.3) is 5.91 Å². The van der Waals surface area contributed by atoms with Crippen LogP contribution >= 0.6 is 0 Å². The average Bonchev–Trinajstić information content (AvgIpc) is 3.53. The molecule has 0 spiro atoms. The lowest BCUT2D eigenvalue weighted by atomic mass is 10.0. The number of carbonyl (C=O) groups excluding carboxylic acids is 1. The van der Waals surface area contributed by atoms with Crippen molar-refractivity contribution in [1.82, 2.24) is 14.5 Å². The number of amides is 1. The van der Waals surface area contributed by atoms with Crippen molar-refractivity contribution in [2.45, 2.75) is 6.23 Å². The van der Waals surface area contributed by atoms with Crippen LogP contribution in [0.15, 0.2) is 134 Å². The number of benzene rings is 5. The molecule has 3 heterocycles.